The Bertz CT molecular complexity index is 575. The second-order valence-electron chi connectivity index (χ2n) is 3.74. The van der Waals surface area contributed by atoms with Gasteiger partial charge in [0.25, 0.3) is 0 Å². The van der Waals surface area contributed by atoms with E-state index in [4.69, 9.17) is 16.7 Å². The number of benzene rings is 1. The zero-order chi connectivity index (χ0) is 11.9. The Morgan fingerprint density at radius 2 is 2.25 bits per heavy atom. The van der Waals surface area contributed by atoms with Crippen molar-refractivity contribution in [3.8, 4) is 0 Å². The van der Waals surface area contributed by atoms with Crippen molar-refractivity contribution in [1.29, 1.82) is 0 Å². The van der Waals surface area contributed by atoms with Crippen LogP contribution in [0.4, 0.5) is 0 Å². The maximum atomic E-state index is 10.8. The molecule has 1 aromatic carbocycles. The SMILES string of the molecule is Cc1nn(C)c2c(CC(=O)O)cc(Cl)cc12. The molecule has 0 aliphatic heterocycles. The zero-order valence-electron chi connectivity index (χ0n) is 8.99. The summed E-state index contributed by atoms with van der Waals surface area (Å²) in [4.78, 5) is 10.8. The van der Waals surface area contributed by atoms with Crippen LogP contribution in [-0.2, 0) is 18.3 Å². The van der Waals surface area contributed by atoms with Gasteiger partial charge in [-0.15, -0.1) is 0 Å². The van der Waals surface area contributed by atoms with Crippen molar-refractivity contribution >= 4 is 28.5 Å². The fraction of sp³-hybridized carbons (Fsp3) is 0.273. The number of carboxylic acid groups (broad SMARTS) is 1. The van der Waals surface area contributed by atoms with Gasteiger partial charge in [0.05, 0.1) is 17.6 Å². The van der Waals surface area contributed by atoms with Gasteiger partial charge in [-0.05, 0) is 24.6 Å². The molecule has 84 valence electrons. The van der Waals surface area contributed by atoms with Crippen molar-refractivity contribution < 1.29 is 9.90 Å². The quantitative estimate of drug-likeness (QED) is 0.872. The molecule has 0 aliphatic rings. The van der Waals surface area contributed by atoms with Crippen LogP contribution < -0.4 is 0 Å². The standard InChI is InChI=1S/C11H11ClN2O2/c1-6-9-5-8(12)3-7(4-10(15)16)11(9)14(2)13-6/h3,5H,4H2,1-2H3,(H,15,16). The number of aliphatic carboxylic acids is 1. The zero-order valence-corrected chi connectivity index (χ0v) is 9.75. The molecule has 0 saturated carbocycles. The molecule has 0 aliphatic carbocycles. The van der Waals surface area contributed by atoms with Crippen LogP contribution in [0, 0.1) is 6.92 Å². The van der Waals surface area contributed by atoms with Crippen LogP contribution in [0.1, 0.15) is 11.3 Å². The lowest BCUT2D eigenvalue weighted by molar-refractivity contribution is -0.136. The number of nitrogens with zero attached hydrogens (tertiary/aromatic N) is 2. The Hall–Kier alpha value is -1.55. The first kappa shape index (κ1) is 11.0. The summed E-state index contributed by atoms with van der Waals surface area (Å²) >= 11 is 5.96. The van der Waals surface area contributed by atoms with E-state index in [1.807, 2.05) is 13.0 Å². The Kier molecular flexibility index (Phi) is 2.59. The third-order valence-corrected chi connectivity index (χ3v) is 2.73. The molecule has 0 bridgehead atoms. The van der Waals surface area contributed by atoms with E-state index in [2.05, 4.69) is 5.10 Å². The van der Waals surface area contributed by atoms with Crippen LogP contribution in [0.15, 0.2) is 12.1 Å². The summed E-state index contributed by atoms with van der Waals surface area (Å²) in [7, 11) is 1.80. The number of rotatable bonds is 2. The minimum absolute atomic E-state index is 0.0456. The first-order valence-corrected chi connectivity index (χ1v) is 5.20. The highest BCUT2D eigenvalue weighted by atomic mass is 35.5. The molecule has 0 saturated heterocycles. The van der Waals surface area contributed by atoms with Gasteiger partial charge in [0, 0.05) is 17.5 Å². The van der Waals surface area contributed by atoms with Gasteiger partial charge in [-0.3, -0.25) is 9.48 Å². The van der Waals surface area contributed by atoms with E-state index >= 15 is 0 Å². The van der Waals surface area contributed by atoms with Gasteiger partial charge < -0.3 is 5.11 Å². The second kappa shape index (κ2) is 3.79. The van der Waals surface area contributed by atoms with Gasteiger partial charge in [-0.25, -0.2) is 0 Å². The summed E-state index contributed by atoms with van der Waals surface area (Å²) in [6.07, 6.45) is -0.0456. The van der Waals surface area contributed by atoms with Gasteiger partial charge in [0.1, 0.15) is 0 Å². The summed E-state index contributed by atoms with van der Waals surface area (Å²) < 4.78 is 1.69. The molecule has 5 heteroatoms. The van der Waals surface area contributed by atoms with Crippen molar-refractivity contribution in [2.75, 3.05) is 0 Å². The summed E-state index contributed by atoms with van der Waals surface area (Å²) in [6.45, 7) is 1.88. The molecular weight excluding hydrogens is 228 g/mol. The molecule has 16 heavy (non-hydrogen) atoms. The average molecular weight is 239 g/mol. The van der Waals surface area contributed by atoms with Crippen LogP contribution in [-0.4, -0.2) is 20.9 Å². The van der Waals surface area contributed by atoms with E-state index in [0.29, 0.717) is 10.6 Å². The van der Waals surface area contributed by atoms with Gasteiger partial charge in [0.15, 0.2) is 0 Å². The van der Waals surface area contributed by atoms with Crippen LogP contribution >= 0.6 is 11.6 Å². The molecular formula is C11H11ClN2O2. The molecule has 0 fully saturated rings. The summed E-state index contributed by atoms with van der Waals surface area (Å²) in [5, 5.41) is 14.6. The highest BCUT2D eigenvalue weighted by Gasteiger charge is 2.13. The number of aromatic nitrogens is 2. The van der Waals surface area contributed by atoms with Crippen LogP contribution in [0.3, 0.4) is 0 Å². The third kappa shape index (κ3) is 1.76. The largest absolute Gasteiger partial charge is 0.481 e. The Morgan fingerprint density at radius 1 is 1.56 bits per heavy atom. The summed E-state index contributed by atoms with van der Waals surface area (Å²) in [5.41, 5.74) is 2.38. The lowest BCUT2D eigenvalue weighted by atomic mass is 10.1. The third-order valence-electron chi connectivity index (χ3n) is 2.51. The average Bonchev–Trinajstić information content (AvgIpc) is 2.40. The molecule has 1 heterocycles. The molecule has 0 amide bonds. The first-order valence-electron chi connectivity index (χ1n) is 4.82. The fourth-order valence-corrected chi connectivity index (χ4v) is 2.18. The topological polar surface area (TPSA) is 55.1 Å². The lowest BCUT2D eigenvalue weighted by Crippen LogP contribution is -2.03. The van der Waals surface area contributed by atoms with Crippen LogP contribution in [0.2, 0.25) is 5.02 Å². The molecule has 0 unspecified atom stereocenters. The number of halogens is 1. The minimum atomic E-state index is -0.873. The van der Waals surface area contributed by atoms with Crippen molar-refractivity contribution in [2.45, 2.75) is 13.3 Å². The molecule has 4 nitrogen and oxygen atoms in total. The molecule has 1 N–H and O–H groups in total. The van der Waals surface area contributed by atoms with Gasteiger partial charge >= 0.3 is 5.97 Å². The Balaban J connectivity index is 2.75. The van der Waals surface area contributed by atoms with E-state index in [-0.39, 0.29) is 6.42 Å². The monoisotopic (exact) mass is 238 g/mol. The minimum Gasteiger partial charge on any atom is -0.481 e. The molecule has 2 rings (SSSR count). The van der Waals surface area contributed by atoms with E-state index in [1.165, 1.54) is 0 Å². The number of aryl methyl sites for hydroxylation is 2. The smallest absolute Gasteiger partial charge is 0.307 e. The predicted molar refractivity (Wildman–Crippen MR) is 61.8 cm³/mol. The number of hydrogen-bond donors (Lipinski definition) is 1. The highest BCUT2D eigenvalue weighted by Crippen LogP contribution is 2.26. The fourth-order valence-electron chi connectivity index (χ4n) is 1.94. The maximum Gasteiger partial charge on any atom is 0.307 e. The van der Waals surface area contributed by atoms with Crippen molar-refractivity contribution in [3.05, 3.63) is 28.4 Å². The predicted octanol–water partition coefficient (Wildman–Crippen LogP) is 2.16. The maximum absolute atomic E-state index is 10.8. The number of carbonyl (C=O) groups is 1. The number of hydrogen-bond acceptors (Lipinski definition) is 2. The molecule has 1 aromatic heterocycles. The van der Waals surface area contributed by atoms with Crippen molar-refractivity contribution in [1.82, 2.24) is 9.78 Å². The van der Waals surface area contributed by atoms with E-state index in [1.54, 1.807) is 17.8 Å². The highest BCUT2D eigenvalue weighted by molar-refractivity contribution is 6.31. The van der Waals surface area contributed by atoms with Crippen molar-refractivity contribution in [2.24, 2.45) is 7.05 Å². The van der Waals surface area contributed by atoms with Crippen molar-refractivity contribution in [3.63, 3.8) is 0 Å². The molecule has 0 spiro atoms. The van der Waals surface area contributed by atoms with E-state index < -0.39 is 5.97 Å². The Labute approximate surface area is 97.4 Å². The van der Waals surface area contributed by atoms with Gasteiger partial charge in [-0.2, -0.15) is 5.10 Å². The molecule has 0 atom stereocenters. The van der Waals surface area contributed by atoms with Crippen LogP contribution in [0.5, 0.6) is 0 Å². The normalized spacial score (nSPS) is 10.9. The second-order valence-corrected chi connectivity index (χ2v) is 4.18. The number of fused-ring (bicyclic) bond motifs is 1. The lowest BCUT2D eigenvalue weighted by Gasteiger charge is -2.03. The van der Waals surface area contributed by atoms with E-state index in [0.717, 1.165) is 16.6 Å². The molecule has 2 aromatic rings. The van der Waals surface area contributed by atoms with Gasteiger partial charge in [-0.1, -0.05) is 11.6 Å². The molecule has 0 radical (unpaired) electrons. The first-order chi connectivity index (χ1) is 7.49. The summed E-state index contributed by atoms with van der Waals surface area (Å²) in [5.74, 6) is -0.873. The van der Waals surface area contributed by atoms with Crippen LogP contribution in [0.25, 0.3) is 10.9 Å². The van der Waals surface area contributed by atoms with E-state index in [9.17, 15) is 4.79 Å². The summed E-state index contributed by atoms with van der Waals surface area (Å²) in [6, 6.07) is 3.49. The van der Waals surface area contributed by atoms with Gasteiger partial charge in [0.2, 0.25) is 0 Å². The Morgan fingerprint density at radius 3 is 2.88 bits per heavy atom. The number of carboxylic acids is 1.